The van der Waals surface area contributed by atoms with Gasteiger partial charge >= 0.3 is 0 Å². The molecular formula is C18H15F3N4O3. The maximum Gasteiger partial charge on any atom is 0.241 e. The summed E-state index contributed by atoms with van der Waals surface area (Å²) in [5.41, 5.74) is 1.40. The molecule has 0 radical (unpaired) electrons. The van der Waals surface area contributed by atoms with Crippen LogP contribution in [0.4, 0.5) is 13.2 Å². The van der Waals surface area contributed by atoms with E-state index >= 15 is 0 Å². The predicted molar refractivity (Wildman–Crippen MR) is 88.3 cm³/mol. The van der Waals surface area contributed by atoms with Crippen molar-refractivity contribution in [1.29, 1.82) is 0 Å². The Hall–Kier alpha value is -3.17. The number of nitrogens with zero attached hydrogens (tertiary/aromatic N) is 4. The molecule has 0 aliphatic carbocycles. The Morgan fingerprint density at radius 3 is 2.57 bits per heavy atom. The first-order valence-corrected chi connectivity index (χ1v) is 8.54. The quantitative estimate of drug-likeness (QED) is 0.637. The molecule has 0 fully saturated rings. The average molecular weight is 392 g/mol. The molecule has 0 N–H and O–H groups in total. The monoisotopic (exact) mass is 392 g/mol. The molecule has 1 aliphatic heterocycles. The minimum absolute atomic E-state index is 0.0544. The number of hydrogen-bond donors (Lipinski definition) is 0. The van der Waals surface area contributed by atoms with Gasteiger partial charge in [0.15, 0.2) is 17.5 Å². The van der Waals surface area contributed by atoms with Gasteiger partial charge in [0.2, 0.25) is 23.4 Å². The van der Waals surface area contributed by atoms with E-state index in [1.165, 1.54) is 0 Å². The Labute approximate surface area is 157 Å². The number of hydrogen-bond acceptors (Lipinski definition) is 6. The summed E-state index contributed by atoms with van der Waals surface area (Å²) in [4.78, 5) is 18.4. The summed E-state index contributed by atoms with van der Waals surface area (Å²) in [6.07, 6.45) is 0.170. The summed E-state index contributed by atoms with van der Waals surface area (Å²) in [5, 5.41) is 7.84. The third-order valence-corrected chi connectivity index (χ3v) is 4.67. The van der Waals surface area contributed by atoms with E-state index in [1.807, 2.05) is 6.92 Å². The van der Waals surface area contributed by atoms with Gasteiger partial charge in [0, 0.05) is 24.9 Å². The normalized spacial score (nSPS) is 16.3. The van der Waals surface area contributed by atoms with Crippen molar-refractivity contribution < 1.29 is 27.0 Å². The first kappa shape index (κ1) is 18.2. The maximum atomic E-state index is 13.4. The lowest BCUT2D eigenvalue weighted by molar-refractivity contribution is -0.133. The van der Waals surface area contributed by atoms with Gasteiger partial charge in [0.1, 0.15) is 0 Å². The van der Waals surface area contributed by atoms with E-state index in [2.05, 4.69) is 15.3 Å². The molecule has 1 aromatic carbocycles. The number of amides is 1. The Morgan fingerprint density at radius 2 is 1.93 bits per heavy atom. The average Bonchev–Trinajstić information content (AvgIpc) is 3.24. The molecular weight excluding hydrogens is 377 g/mol. The van der Waals surface area contributed by atoms with Gasteiger partial charge in [-0.1, -0.05) is 10.3 Å². The fourth-order valence-corrected chi connectivity index (χ4v) is 3.27. The van der Waals surface area contributed by atoms with Gasteiger partial charge < -0.3 is 13.9 Å². The van der Waals surface area contributed by atoms with E-state index in [4.69, 9.17) is 9.05 Å². The van der Waals surface area contributed by atoms with Gasteiger partial charge in [-0.3, -0.25) is 4.79 Å². The molecule has 28 heavy (non-hydrogen) atoms. The highest BCUT2D eigenvalue weighted by molar-refractivity contribution is 5.79. The second-order valence-electron chi connectivity index (χ2n) is 6.70. The SMILES string of the molecule is Cc1nc(-c2onc3c2CN(C(=O)Cc2cc(F)c(F)c(F)c2)[C@@H](C)C3)no1. The topological polar surface area (TPSA) is 85.3 Å². The Kier molecular flexibility index (Phi) is 4.40. The second kappa shape index (κ2) is 6.77. The Bertz CT molecular complexity index is 1040. The summed E-state index contributed by atoms with van der Waals surface area (Å²) in [6.45, 7) is 3.64. The van der Waals surface area contributed by atoms with E-state index in [0.717, 1.165) is 12.1 Å². The largest absolute Gasteiger partial charge is 0.352 e. The second-order valence-corrected chi connectivity index (χ2v) is 6.70. The number of fused-ring (bicyclic) bond motifs is 1. The number of benzene rings is 1. The highest BCUT2D eigenvalue weighted by Gasteiger charge is 2.33. The van der Waals surface area contributed by atoms with Crippen molar-refractivity contribution in [2.45, 2.75) is 39.3 Å². The molecule has 0 bridgehead atoms. The molecule has 0 saturated carbocycles. The molecule has 3 aromatic rings. The summed E-state index contributed by atoms with van der Waals surface area (Å²) in [5.74, 6) is -3.67. The lowest BCUT2D eigenvalue weighted by atomic mass is 9.98. The highest BCUT2D eigenvalue weighted by Crippen LogP contribution is 2.31. The van der Waals surface area contributed by atoms with Crippen LogP contribution in [0.2, 0.25) is 0 Å². The van der Waals surface area contributed by atoms with Crippen LogP contribution in [0, 0.1) is 24.4 Å². The number of aromatic nitrogens is 3. The zero-order valence-electron chi connectivity index (χ0n) is 15.0. The molecule has 2 aromatic heterocycles. The lowest BCUT2D eigenvalue weighted by Gasteiger charge is -2.32. The summed E-state index contributed by atoms with van der Waals surface area (Å²) in [7, 11) is 0. The smallest absolute Gasteiger partial charge is 0.241 e. The van der Waals surface area contributed by atoms with Crippen LogP contribution >= 0.6 is 0 Å². The summed E-state index contributed by atoms with van der Waals surface area (Å²) in [6, 6.07) is 1.44. The van der Waals surface area contributed by atoms with Crippen molar-refractivity contribution in [3.8, 4) is 11.6 Å². The third kappa shape index (κ3) is 3.14. The molecule has 1 atom stereocenters. The van der Waals surface area contributed by atoms with Crippen molar-refractivity contribution in [1.82, 2.24) is 20.2 Å². The van der Waals surface area contributed by atoms with Crippen LogP contribution in [0.3, 0.4) is 0 Å². The van der Waals surface area contributed by atoms with E-state index in [9.17, 15) is 18.0 Å². The third-order valence-electron chi connectivity index (χ3n) is 4.67. The standard InChI is InChI=1S/C18H15F3N4O3/c1-8-3-14-11(17(28-23-14)18-22-9(2)27-24-18)7-25(8)15(26)6-10-4-12(19)16(21)13(20)5-10/h4-5,8H,3,6-7H2,1-2H3/t8-/m0/s1. The minimum Gasteiger partial charge on any atom is -0.352 e. The van der Waals surface area contributed by atoms with Crippen LogP contribution in [0.1, 0.15) is 29.6 Å². The molecule has 1 aliphatic rings. The van der Waals surface area contributed by atoms with Crippen molar-refractivity contribution in [3.05, 3.63) is 52.3 Å². The van der Waals surface area contributed by atoms with Crippen molar-refractivity contribution in [3.63, 3.8) is 0 Å². The van der Waals surface area contributed by atoms with Crippen molar-refractivity contribution in [2.75, 3.05) is 0 Å². The van der Waals surface area contributed by atoms with Gasteiger partial charge in [0.25, 0.3) is 0 Å². The zero-order valence-corrected chi connectivity index (χ0v) is 15.0. The zero-order chi connectivity index (χ0) is 20.0. The molecule has 3 heterocycles. The molecule has 10 heteroatoms. The van der Waals surface area contributed by atoms with E-state index in [0.29, 0.717) is 29.3 Å². The van der Waals surface area contributed by atoms with Crippen LogP contribution in [-0.2, 0) is 24.2 Å². The number of halogens is 3. The van der Waals surface area contributed by atoms with Gasteiger partial charge in [-0.25, -0.2) is 13.2 Å². The number of aryl methyl sites for hydroxylation is 1. The molecule has 0 spiro atoms. The molecule has 0 saturated heterocycles. The van der Waals surface area contributed by atoms with Crippen LogP contribution in [0.15, 0.2) is 21.2 Å². The Balaban J connectivity index is 1.58. The summed E-state index contributed by atoms with van der Waals surface area (Å²) < 4.78 is 50.3. The molecule has 1 amide bonds. The van der Waals surface area contributed by atoms with Crippen LogP contribution in [0.25, 0.3) is 11.6 Å². The van der Waals surface area contributed by atoms with Gasteiger partial charge in [-0.05, 0) is 24.6 Å². The van der Waals surface area contributed by atoms with E-state index in [-0.39, 0.29) is 36.3 Å². The Morgan fingerprint density at radius 1 is 1.21 bits per heavy atom. The van der Waals surface area contributed by atoms with E-state index < -0.39 is 17.5 Å². The van der Waals surface area contributed by atoms with Crippen molar-refractivity contribution in [2.24, 2.45) is 0 Å². The highest BCUT2D eigenvalue weighted by atomic mass is 19.2. The lowest BCUT2D eigenvalue weighted by Crippen LogP contribution is -2.43. The first-order valence-electron chi connectivity index (χ1n) is 8.54. The summed E-state index contributed by atoms with van der Waals surface area (Å²) >= 11 is 0. The number of carbonyl (C=O) groups excluding carboxylic acids is 1. The van der Waals surface area contributed by atoms with Gasteiger partial charge in [0.05, 0.1) is 18.7 Å². The van der Waals surface area contributed by atoms with Crippen LogP contribution < -0.4 is 0 Å². The molecule has 7 nitrogen and oxygen atoms in total. The van der Waals surface area contributed by atoms with Crippen molar-refractivity contribution >= 4 is 5.91 Å². The predicted octanol–water partition coefficient (Wildman–Crippen LogP) is 2.97. The fourth-order valence-electron chi connectivity index (χ4n) is 3.27. The van der Waals surface area contributed by atoms with Crippen LogP contribution in [0.5, 0.6) is 0 Å². The molecule has 0 unspecified atom stereocenters. The van der Waals surface area contributed by atoms with Crippen LogP contribution in [-0.4, -0.2) is 32.1 Å². The maximum absolute atomic E-state index is 13.4. The van der Waals surface area contributed by atoms with Gasteiger partial charge in [-0.15, -0.1) is 0 Å². The molecule has 146 valence electrons. The molecule has 4 rings (SSSR count). The number of rotatable bonds is 3. The van der Waals surface area contributed by atoms with E-state index in [1.54, 1.807) is 11.8 Å². The fraction of sp³-hybridized carbons (Fsp3) is 0.333. The number of carbonyl (C=O) groups is 1. The van der Waals surface area contributed by atoms with Gasteiger partial charge in [-0.2, -0.15) is 4.98 Å². The minimum atomic E-state index is -1.56. The first-order chi connectivity index (χ1) is 13.3.